The third-order valence-corrected chi connectivity index (χ3v) is 5.10. The van der Waals surface area contributed by atoms with Gasteiger partial charge in [0, 0.05) is 0 Å². The van der Waals surface area contributed by atoms with Crippen LogP contribution in [0.1, 0.15) is 63.9 Å². The number of carbonyl (C=O) groups excluding carboxylic acids is 1. The topological polar surface area (TPSA) is 77.2 Å². The fourth-order valence-corrected chi connectivity index (χ4v) is 3.26. The first-order valence-corrected chi connectivity index (χ1v) is 10.4. The van der Waals surface area contributed by atoms with Gasteiger partial charge in [-0.2, -0.15) is 0 Å². The number of aromatic hydroxyl groups is 1. The lowest BCUT2D eigenvalue weighted by atomic mass is 10.0. The zero-order valence-electron chi connectivity index (χ0n) is 17.2. The van der Waals surface area contributed by atoms with E-state index >= 15 is 0 Å². The van der Waals surface area contributed by atoms with E-state index in [9.17, 15) is 9.90 Å². The fourth-order valence-electron chi connectivity index (χ4n) is 3.26. The van der Waals surface area contributed by atoms with Gasteiger partial charge in [0.2, 0.25) is 0 Å². The molecule has 0 aliphatic heterocycles. The molecule has 6 heteroatoms. The summed E-state index contributed by atoms with van der Waals surface area (Å²) in [5, 5.41) is 19.2. The zero-order chi connectivity index (χ0) is 20.6. The molecule has 1 heterocycles. The van der Waals surface area contributed by atoms with Crippen molar-refractivity contribution in [1.29, 1.82) is 0 Å². The van der Waals surface area contributed by atoms with Crippen LogP contribution >= 0.6 is 0 Å². The molecule has 1 atom stereocenters. The van der Waals surface area contributed by atoms with E-state index in [4.69, 9.17) is 4.74 Å². The molecule has 3 rings (SSSR count). The Morgan fingerprint density at radius 1 is 1.03 bits per heavy atom. The molecular weight excluding hydrogens is 366 g/mol. The SMILES string of the molecule is CCCCCCCCOC(=O)C(C)c1ccc(-n2nc3ccccc3n2)c(O)c1. The highest BCUT2D eigenvalue weighted by molar-refractivity contribution is 5.78. The van der Waals surface area contributed by atoms with Crippen molar-refractivity contribution in [3.8, 4) is 11.4 Å². The number of hydrogen-bond acceptors (Lipinski definition) is 5. The van der Waals surface area contributed by atoms with Crippen molar-refractivity contribution >= 4 is 17.0 Å². The third kappa shape index (κ3) is 5.34. The molecule has 0 fully saturated rings. The van der Waals surface area contributed by atoms with Crippen molar-refractivity contribution in [2.24, 2.45) is 0 Å². The number of esters is 1. The average molecular weight is 396 g/mol. The van der Waals surface area contributed by atoms with Crippen LogP contribution in [0.4, 0.5) is 0 Å². The largest absolute Gasteiger partial charge is 0.506 e. The molecule has 1 unspecified atom stereocenters. The van der Waals surface area contributed by atoms with Gasteiger partial charge in [-0.3, -0.25) is 4.79 Å². The summed E-state index contributed by atoms with van der Waals surface area (Å²) in [5.74, 6) is -0.688. The third-order valence-electron chi connectivity index (χ3n) is 5.10. The van der Waals surface area contributed by atoms with E-state index in [2.05, 4.69) is 17.1 Å². The summed E-state index contributed by atoms with van der Waals surface area (Å²) in [4.78, 5) is 13.7. The summed E-state index contributed by atoms with van der Waals surface area (Å²) in [6.07, 6.45) is 6.90. The lowest BCUT2D eigenvalue weighted by Crippen LogP contribution is -2.14. The number of aromatic nitrogens is 3. The Balaban J connectivity index is 1.58. The molecule has 0 aliphatic rings. The van der Waals surface area contributed by atoms with Crippen molar-refractivity contribution in [3.63, 3.8) is 0 Å². The van der Waals surface area contributed by atoms with Crippen LogP contribution in [0, 0.1) is 0 Å². The Morgan fingerprint density at radius 2 is 1.69 bits per heavy atom. The van der Waals surface area contributed by atoms with Crippen molar-refractivity contribution in [2.75, 3.05) is 6.61 Å². The van der Waals surface area contributed by atoms with Gasteiger partial charge in [-0.15, -0.1) is 15.0 Å². The first-order valence-electron chi connectivity index (χ1n) is 10.4. The van der Waals surface area contributed by atoms with Gasteiger partial charge in [-0.25, -0.2) is 0 Å². The summed E-state index contributed by atoms with van der Waals surface area (Å²) < 4.78 is 5.41. The Kier molecular flexibility index (Phi) is 7.22. The number of hydrogen-bond donors (Lipinski definition) is 1. The quantitative estimate of drug-likeness (QED) is 0.380. The summed E-state index contributed by atoms with van der Waals surface area (Å²) in [7, 11) is 0. The van der Waals surface area contributed by atoms with Crippen LogP contribution < -0.4 is 0 Å². The highest BCUT2D eigenvalue weighted by Crippen LogP contribution is 2.27. The molecule has 1 N–H and O–H groups in total. The average Bonchev–Trinajstić information content (AvgIpc) is 3.16. The van der Waals surface area contributed by atoms with Crippen molar-refractivity contribution in [2.45, 2.75) is 58.3 Å². The predicted octanol–water partition coefficient (Wildman–Crippen LogP) is 5.13. The number of benzene rings is 2. The predicted molar refractivity (Wildman–Crippen MR) is 113 cm³/mol. The molecule has 0 amide bonds. The standard InChI is InChI=1S/C23H29N3O3/c1-3-4-5-6-7-10-15-29-23(28)17(2)18-13-14-21(22(27)16-18)26-24-19-11-8-9-12-20(19)25-26/h8-9,11-14,16-17,27H,3-7,10,15H2,1-2H3. The molecule has 2 aromatic carbocycles. The van der Waals surface area contributed by atoms with Gasteiger partial charge in [-0.1, -0.05) is 57.2 Å². The number of fused-ring (bicyclic) bond motifs is 1. The van der Waals surface area contributed by atoms with Crippen LogP contribution in [-0.2, 0) is 9.53 Å². The normalized spacial score (nSPS) is 12.2. The Labute approximate surface area is 171 Å². The van der Waals surface area contributed by atoms with Gasteiger partial charge < -0.3 is 9.84 Å². The number of ether oxygens (including phenoxy) is 1. The number of nitrogens with zero attached hydrogens (tertiary/aromatic N) is 3. The van der Waals surface area contributed by atoms with E-state index in [0.29, 0.717) is 17.9 Å². The van der Waals surface area contributed by atoms with Gasteiger partial charge in [0.15, 0.2) is 0 Å². The molecule has 154 valence electrons. The molecule has 0 radical (unpaired) electrons. The molecule has 1 aromatic heterocycles. The maximum absolute atomic E-state index is 12.3. The summed E-state index contributed by atoms with van der Waals surface area (Å²) in [6.45, 7) is 4.43. The second kappa shape index (κ2) is 10.0. The van der Waals surface area contributed by atoms with Crippen LogP contribution in [0.3, 0.4) is 0 Å². The first kappa shape index (κ1) is 20.8. The maximum atomic E-state index is 12.3. The van der Waals surface area contributed by atoms with Crippen LogP contribution in [-0.4, -0.2) is 32.7 Å². The Morgan fingerprint density at radius 3 is 2.34 bits per heavy atom. The van der Waals surface area contributed by atoms with Crippen molar-refractivity contribution in [1.82, 2.24) is 15.0 Å². The van der Waals surface area contributed by atoms with Crippen molar-refractivity contribution in [3.05, 3.63) is 48.0 Å². The van der Waals surface area contributed by atoms with Crippen LogP contribution in [0.25, 0.3) is 16.7 Å². The minimum absolute atomic E-state index is 0.0263. The molecule has 29 heavy (non-hydrogen) atoms. The molecule has 0 saturated heterocycles. The zero-order valence-corrected chi connectivity index (χ0v) is 17.2. The van der Waals surface area contributed by atoms with Gasteiger partial charge in [0.05, 0.1) is 12.5 Å². The van der Waals surface area contributed by atoms with E-state index in [1.165, 1.54) is 30.5 Å². The highest BCUT2D eigenvalue weighted by Gasteiger charge is 2.19. The highest BCUT2D eigenvalue weighted by atomic mass is 16.5. The molecule has 0 spiro atoms. The van der Waals surface area contributed by atoms with E-state index in [1.54, 1.807) is 25.1 Å². The smallest absolute Gasteiger partial charge is 0.313 e. The number of carbonyl (C=O) groups is 1. The molecule has 0 aliphatic carbocycles. The van der Waals surface area contributed by atoms with Crippen LogP contribution in [0.5, 0.6) is 5.75 Å². The summed E-state index contributed by atoms with van der Waals surface area (Å²) in [5.41, 5.74) is 2.68. The summed E-state index contributed by atoms with van der Waals surface area (Å²) >= 11 is 0. The van der Waals surface area contributed by atoms with Gasteiger partial charge in [-0.05, 0) is 43.2 Å². The molecule has 0 bridgehead atoms. The van der Waals surface area contributed by atoms with E-state index < -0.39 is 5.92 Å². The van der Waals surface area contributed by atoms with Crippen molar-refractivity contribution < 1.29 is 14.6 Å². The minimum atomic E-state index is -0.445. The fraction of sp³-hybridized carbons (Fsp3) is 0.435. The monoisotopic (exact) mass is 395 g/mol. The molecular formula is C23H29N3O3. The Hall–Kier alpha value is -2.89. The van der Waals surface area contributed by atoms with E-state index in [1.807, 2.05) is 24.3 Å². The number of rotatable bonds is 10. The van der Waals surface area contributed by atoms with Crippen LogP contribution in [0.2, 0.25) is 0 Å². The van der Waals surface area contributed by atoms with E-state index in [0.717, 1.165) is 23.9 Å². The number of phenols is 1. The number of phenolic OH excluding ortho intramolecular Hbond substituents is 1. The number of unbranched alkanes of at least 4 members (excludes halogenated alkanes) is 5. The summed E-state index contributed by atoms with van der Waals surface area (Å²) in [6, 6.07) is 12.6. The van der Waals surface area contributed by atoms with E-state index in [-0.39, 0.29) is 11.7 Å². The molecule has 3 aromatic rings. The van der Waals surface area contributed by atoms with Gasteiger partial charge in [0.25, 0.3) is 0 Å². The second-order valence-corrected chi connectivity index (χ2v) is 7.38. The van der Waals surface area contributed by atoms with Crippen LogP contribution in [0.15, 0.2) is 42.5 Å². The minimum Gasteiger partial charge on any atom is -0.506 e. The van der Waals surface area contributed by atoms with Gasteiger partial charge >= 0.3 is 5.97 Å². The molecule has 6 nitrogen and oxygen atoms in total. The molecule has 0 saturated carbocycles. The maximum Gasteiger partial charge on any atom is 0.313 e. The lowest BCUT2D eigenvalue weighted by molar-refractivity contribution is -0.145. The second-order valence-electron chi connectivity index (χ2n) is 7.38. The van der Waals surface area contributed by atoms with Gasteiger partial charge in [0.1, 0.15) is 22.5 Å². The lowest BCUT2D eigenvalue weighted by Gasteiger charge is -2.13. The first-order chi connectivity index (χ1) is 14.1. The Bertz CT molecular complexity index is 918.